The van der Waals surface area contributed by atoms with E-state index in [1.807, 2.05) is 19.2 Å². The van der Waals surface area contributed by atoms with Crippen molar-refractivity contribution in [3.8, 4) is 0 Å². The lowest BCUT2D eigenvalue weighted by Gasteiger charge is -2.08. The standard InChI is InChI=1S/C12H16N4O2/c1-9-11(5-8-17)12(18)16(14-9)15-6-3-10(13-2)4-7-15/h3-4,6-7,11,17H,5,8H2,1-2H3/p+1. The zero-order chi connectivity index (χ0) is 13.1. The zero-order valence-corrected chi connectivity index (χ0v) is 10.5. The van der Waals surface area contributed by atoms with Crippen LogP contribution < -0.4 is 15.1 Å². The van der Waals surface area contributed by atoms with Crippen LogP contribution in [0.4, 0.5) is 5.69 Å². The van der Waals surface area contributed by atoms with E-state index in [0.29, 0.717) is 6.42 Å². The maximum Gasteiger partial charge on any atom is 0.317 e. The van der Waals surface area contributed by atoms with Crippen LogP contribution in [0.15, 0.2) is 29.6 Å². The van der Waals surface area contributed by atoms with Crippen molar-refractivity contribution in [2.24, 2.45) is 11.0 Å². The van der Waals surface area contributed by atoms with Gasteiger partial charge in [0.2, 0.25) is 0 Å². The second kappa shape index (κ2) is 5.14. The van der Waals surface area contributed by atoms with Gasteiger partial charge in [0.15, 0.2) is 5.71 Å². The molecule has 1 aromatic heterocycles. The number of pyridine rings is 1. The Labute approximate surface area is 106 Å². The summed E-state index contributed by atoms with van der Waals surface area (Å²) in [7, 11) is 1.83. The Balaban J connectivity index is 2.21. The maximum absolute atomic E-state index is 12.1. The van der Waals surface area contributed by atoms with Crippen molar-refractivity contribution in [3.63, 3.8) is 0 Å². The minimum absolute atomic E-state index is 0.0134. The molecule has 2 rings (SSSR count). The molecule has 6 nitrogen and oxygen atoms in total. The quantitative estimate of drug-likeness (QED) is 0.730. The number of carbonyl (C=O) groups is 1. The molecule has 1 amide bonds. The Morgan fingerprint density at radius 1 is 1.50 bits per heavy atom. The van der Waals surface area contributed by atoms with E-state index >= 15 is 0 Å². The fourth-order valence-electron chi connectivity index (χ4n) is 1.92. The van der Waals surface area contributed by atoms with E-state index in [0.717, 1.165) is 11.4 Å². The minimum atomic E-state index is -0.313. The Morgan fingerprint density at radius 2 is 2.17 bits per heavy atom. The SMILES string of the molecule is CNc1cc[n+](N2N=C(C)C(CCO)C2=O)cc1. The third kappa shape index (κ3) is 2.19. The molecule has 2 heterocycles. The summed E-state index contributed by atoms with van der Waals surface area (Å²) in [6.45, 7) is 1.79. The number of aliphatic hydroxyl groups excluding tert-OH is 1. The Kier molecular flexibility index (Phi) is 3.57. The number of amides is 1. The van der Waals surface area contributed by atoms with Crippen molar-refractivity contribution >= 4 is 17.3 Å². The number of nitrogens with zero attached hydrogens (tertiary/aromatic N) is 3. The number of hydrogen-bond acceptors (Lipinski definition) is 4. The van der Waals surface area contributed by atoms with Crippen molar-refractivity contribution in [3.05, 3.63) is 24.5 Å². The van der Waals surface area contributed by atoms with Crippen LogP contribution in [0.3, 0.4) is 0 Å². The third-order valence-electron chi connectivity index (χ3n) is 2.99. The van der Waals surface area contributed by atoms with E-state index in [1.54, 1.807) is 24.0 Å². The number of anilines is 1. The van der Waals surface area contributed by atoms with Gasteiger partial charge in [-0.05, 0) is 6.42 Å². The smallest absolute Gasteiger partial charge is 0.317 e. The first-order chi connectivity index (χ1) is 8.67. The molecule has 0 aliphatic carbocycles. The third-order valence-corrected chi connectivity index (χ3v) is 2.99. The van der Waals surface area contributed by atoms with Crippen molar-refractivity contribution in [2.75, 3.05) is 24.1 Å². The first kappa shape index (κ1) is 12.5. The summed E-state index contributed by atoms with van der Waals surface area (Å²) in [5, 5.41) is 17.5. The van der Waals surface area contributed by atoms with Gasteiger partial charge in [0.25, 0.3) is 0 Å². The van der Waals surface area contributed by atoms with Gasteiger partial charge in [0, 0.05) is 48.6 Å². The number of nitrogens with one attached hydrogen (secondary N) is 1. The molecule has 6 heteroatoms. The number of hydrazone groups is 1. The van der Waals surface area contributed by atoms with Gasteiger partial charge in [-0.1, -0.05) is 0 Å². The second-order valence-corrected chi connectivity index (χ2v) is 4.15. The molecule has 96 valence electrons. The van der Waals surface area contributed by atoms with Gasteiger partial charge < -0.3 is 10.4 Å². The predicted molar refractivity (Wildman–Crippen MR) is 67.7 cm³/mol. The summed E-state index contributed by atoms with van der Waals surface area (Å²) < 4.78 is 1.63. The minimum Gasteiger partial charge on any atom is -0.396 e. The van der Waals surface area contributed by atoms with Gasteiger partial charge in [-0.15, -0.1) is 4.68 Å². The summed E-state index contributed by atoms with van der Waals surface area (Å²) in [5.74, 6) is -0.421. The Morgan fingerprint density at radius 3 is 2.72 bits per heavy atom. The van der Waals surface area contributed by atoms with Crippen molar-refractivity contribution in [1.29, 1.82) is 0 Å². The summed E-state index contributed by atoms with van der Waals surface area (Å²) in [4.78, 5) is 12.1. The molecule has 1 aromatic rings. The highest BCUT2D eigenvalue weighted by Crippen LogP contribution is 2.15. The number of aliphatic hydroxyl groups is 1. The van der Waals surface area contributed by atoms with E-state index in [1.165, 1.54) is 5.12 Å². The lowest BCUT2D eigenvalue weighted by atomic mass is 10.0. The average molecular weight is 249 g/mol. The molecule has 1 unspecified atom stereocenters. The lowest BCUT2D eigenvalue weighted by Crippen LogP contribution is -2.56. The summed E-state index contributed by atoms with van der Waals surface area (Å²) in [6.07, 6.45) is 3.95. The van der Waals surface area contributed by atoms with Crippen LogP contribution in [-0.2, 0) is 4.79 Å². The fraction of sp³-hybridized carbons (Fsp3) is 0.417. The number of rotatable bonds is 4. The molecule has 0 aromatic carbocycles. The molecule has 0 fully saturated rings. The highest BCUT2D eigenvalue weighted by Gasteiger charge is 2.41. The molecule has 0 saturated carbocycles. The Bertz CT molecular complexity index is 469. The van der Waals surface area contributed by atoms with Crippen LogP contribution in [0.25, 0.3) is 0 Å². The van der Waals surface area contributed by atoms with Crippen molar-refractivity contribution < 1.29 is 14.6 Å². The number of carbonyl (C=O) groups excluding carboxylic acids is 1. The van der Waals surface area contributed by atoms with E-state index < -0.39 is 0 Å². The van der Waals surface area contributed by atoms with Crippen LogP contribution >= 0.6 is 0 Å². The normalized spacial score (nSPS) is 19.1. The van der Waals surface area contributed by atoms with Gasteiger partial charge in [-0.3, -0.25) is 4.79 Å². The summed E-state index contributed by atoms with van der Waals surface area (Å²) in [5.41, 5.74) is 1.70. The van der Waals surface area contributed by atoms with Crippen molar-refractivity contribution in [2.45, 2.75) is 13.3 Å². The molecule has 18 heavy (non-hydrogen) atoms. The highest BCUT2D eigenvalue weighted by molar-refractivity contribution is 6.10. The van der Waals surface area contributed by atoms with Crippen LogP contribution in [-0.4, -0.2) is 30.4 Å². The molecular formula is C12H17N4O2+. The first-order valence-corrected chi connectivity index (χ1v) is 5.86. The Hall–Kier alpha value is -1.95. The molecule has 0 spiro atoms. The van der Waals surface area contributed by atoms with Crippen molar-refractivity contribution in [1.82, 2.24) is 0 Å². The van der Waals surface area contributed by atoms with E-state index in [-0.39, 0.29) is 18.4 Å². The summed E-state index contributed by atoms with van der Waals surface area (Å²) in [6, 6.07) is 3.72. The van der Waals surface area contributed by atoms with Crippen LogP contribution in [0.5, 0.6) is 0 Å². The second-order valence-electron chi connectivity index (χ2n) is 4.15. The van der Waals surface area contributed by atoms with Crippen LogP contribution in [0.1, 0.15) is 13.3 Å². The van der Waals surface area contributed by atoms with E-state index in [2.05, 4.69) is 10.4 Å². The van der Waals surface area contributed by atoms with Gasteiger partial charge in [0.05, 0.1) is 0 Å². The molecular weight excluding hydrogens is 232 g/mol. The average Bonchev–Trinajstić information content (AvgIpc) is 2.67. The molecule has 1 atom stereocenters. The number of hydrogen-bond donors (Lipinski definition) is 2. The topological polar surface area (TPSA) is 68.8 Å². The van der Waals surface area contributed by atoms with Gasteiger partial charge >= 0.3 is 5.91 Å². The van der Waals surface area contributed by atoms with Crippen LogP contribution in [0, 0.1) is 5.92 Å². The maximum atomic E-state index is 12.1. The molecule has 1 aliphatic heterocycles. The summed E-state index contributed by atoms with van der Waals surface area (Å²) >= 11 is 0. The van der Waals surface area contributed by atoms with Gasteiger partial charge in [-0.25, -0.2) is 0 Å². The van der Waals surface area contributed by atoms with E-state index in [9.17, 15) is 4.79 Å². The van der Waals surface area contributed by atoms with Crippen LogP contribution in [0.2, 0.25) is 0 Å². The fourth-order valence-corrected chi connectivity index (χ4v) is 1.92. The van der Waals surface area contributed by atoms with E-state index in [4.69, 9.17) is 5.11 Å². The van der Waals surface area contributed by atoms with Gasteiger partial charge in [-0.2, -0.15) is 0 Å². The zero-order valence-electron chi connectivity index (χ0n) is 10.5. The first-order valence-electron chi connectivity index (χ1n) is 5.86. The molecule has 2 N–H and O–H groups in total. The molecule has 1 aliphatic rings. The number of aromatic nitrogens is 1. The lowest BCUT2D eigenvalue weighted by molar-refractivity contribution is -0.683. The molecule has 0 saturated heterocycles. The molecule has 0 bridgehead atoms. The molecule has 0 radical (unpaired) electrons. The predicted octanol–water partition coefficient (Wildman–Crippen LogP) is -0.131. The highest BCUT2D eigenvalue weighted by atomic mass is 16.3. The van der Waals surface area contributed by atoms with Gasteiger partial charge in [0.1, 0.15) is 18.3 Å². The largest absolute Gasteiger partial charge is 0.396 e. The monoisotopic (exact) mass is 249 g/mol.